The molecular weight excluding hydrogens is 232 g/mol. The summed E-state index contributed by atoms with van der Waals surface area (Å²) in [6.45, 7) is 0. The summed E-state index contributed by atoms with van der Waals surface area (Å²) in [5.74, 6) is 2.24. The lowest BCUT2D eigenvalue weighted by molar-refractivity contribution is 0.369. The van der Waals surface area contributed by atoms with Gasteiger partial charge in [-0.3, -0.25) is 0 Å². The van der Waals surface area contributed by atoms with E-state index in [9.17, 15) is 0 Å². The Kier molecular flexibility index (Phi) is 3.97. The Balaban J connectivity index is 1.80. The molecule has 1 N–H and O–H groups in total. The van der Waals surface area contributed by atoms with E-state index in [-0.39, 0.29) is 0 Å². The SMILES string of the molecule is c1ccc(C[C](c2c[nH]cn2)C2CCCCC2)cc1. The van der Waals surface area contributed by atoms with E-state index < -0.39 is 0 Å². The number of hydrogen-bond acceptors (Lipinski definition) is 1. The van der Waals surface area contributed by atoms with E-state index in [1.54, 1.807) is 6.33 Å². The lowest BCUT2D eigenvalue weighted by Crippen LogP contribution is -2.19. The molecule has 1 aliphatic rings. The molecule has 0 unspecified atom stereocenters. The van der Waals surface area contributed by atoms with Crippen molar-refractivity contribution in [3.8, 4) is 0 Å². The van der Waals surface area contributed by atoms with Crippen LogP contribution in [-0.2, 0) is 6.42 Å². The third kappa shape index (κ3) is 3.06. The summed E-state index contributed by atoms with van der Waals surface area (Å²) < 4.78 is 0. The Bertz CT molecular complexity index is 469. The second-order valence-corrected chi connectivity index (χ2v) is 5.48. The minimum absolute atomic E-state index is 0.720. The monoisotopic (exact) mass is 253 g/mol. The van der Waals surface area contributed by atoms with Gasteiger partial charge < -0.3 is 4.98 Å². The summed E-state index contributed by atoms with van der Waals surface area (Å²) in [6, 6.07) is 10.8. The molecule has 99 valence electrons. The molecule has 0 bridgehead atoms. The van der Waals surface area contributed by atoms with Gasteiger partial charge in [-0.05, 0) is 30.7 Å². The van der Waals surface area contributed by atoms with Crippen molar-refractivity contribution in [1.82, 2.24) is 9.97 Å². The molecule has 0 amide bonds. The quantitative estimate of drug-likeness (QED) is 0.871. The van der Waals surface area contributed by atoms with Crippen LogP contribution in [0.4, 0.5) is 0 Å². The fraction of sp³-hybridized carbons (Fsp3) is 0.412. The number of aromatic amines is 1. The molecule has 0 aliphatic heterocycles. The zero-order valence-electron chi connectivity index (χ0n) is 11.3. The van der Waals surface area contributed by atoms with Crippen molar-refractivity contribution in [2.75, 3.05) is 0 Å². The van der Waals surface area contributed by atoms with E-state index in [0.29, 0.717) is 0 Å². The molecule has 1 saturated carbocycles. The minimum Gasteiger partial charge on any atom is -0.351 e. The van der Waals surface area contributed by atoms with Gasteiger partial charge in [0.05, 0.1) is 12.0 Å². The molecule has 2 heteroatoms. The van der Waals surface area contributed by atoms with E-state index in [1.165, 1.54) is 43.6 Å². The summed E-state index contributed by atoms with van der Waals surface area (Å²) in [6.07, 6.45) is 11.7. The number of nitrogens with one attached hydrogen (secondary N) is 1. The first-order chi connectivity index (χ1) is 9.43. The lowest BCUT2D eigenvalue weighted by atomic mass is 9.76. The van der Waals surface area contributed by atoms with Gasteiger partial charge in [-0.2, -0.15) is 0 Å². The molecule has 19 heavy (non-hydrogen) atoms. The summed E-state index contributed by atoms with van der Waals surface area (Å²) in [5, 5.41) is 0. The van der Waals surface area contributed by atoms with Crippen LogP contribution in [-0.4, -0.2) is 9.97 Å². The maximum atomic E-state index is 4.50. The van der Waals surface area contributed by atoms with Crippen LogP contribution in [0.2, 0.25) is 0 Å². The van der Waals surface area contributed by atoms with Gasteiger partial charge in [0.1, 0.15) is 0 Å². The topological polar surface area (TPSA) is 28.7 Å². The highest BCUT2D eigenvalue weighted by Gasteiger charge is 2.27. The van der Waals surface area contributed by atoms with Gasteiger partial charge in [0.15, 0.2) is 0 Å². The molecule has 1 aliphatic carbocycles. The van der Waals surface area contributed by atoms with Gasteiger partial charge in [0, 0.05) is 12.1 Å². The van der Waals surface area contributed by atoms with Crippen LogP contribution in [0.5, 0.6) is 0 Å². The van der Waals surface area contributed by atoms with Crippen LogP contribution in [0.15, 0.2) is 42.9 Å². The summed E-state index contributed by atoms with van der Waals surface area (Å²) in [4.78, 5) is 7.60. The molecule has 1 aromatic carbocycles. The van der Waals surface area contributed by atoms with Crippen molar-refractivity contribution in [3.05, 3.63) is 60.0 Å². The van der Waals surface area contributed by atoms with E-state index >= 15 is 0 Å². The Morgan fingerprint density at radius 3 is 2.58 bits per heavy atom. The molecule has 2 nitrogen and oxygen atoms in total. The molecule has 3 rings (SSSR count). The third-order valence-corrected chi connectivity index (χ3v) is 4.16. The number of imidazole rings is 1. The molecule has 1 fully saturated rings. The van der Waals surface area contributed by atoms with Crippen molar-refractivity contribution in [2.45, 2.75) is 38.5 Å². The van der Waals surface area contributed by atoms with Crippen molar-refractivity contribution in [3.63, 3.8) is 0 Å². The number of aromatic nitrogens is 2. The Morgan fingerprint density at radius 2 is 1.89 bits per heavy atom. The smallest absolute Gasteiger partial charge is 0.0923 e. The Morgan fingerprint density at radius 1 is 1.11 bits per heavy atom. The predicted octanol–water partition coefficient (Wildman–Crippen LogP) is 4.16. The third-order valence-electron chi connectivity index (χ3n) is 4.16. The molecule has 1 heterocycles. The van der Waals surface area contributed by atoms with E-state index in [4.69, 9.17) is 0 Å². The molecule has 1 aromatic heterocycles. The number of nitrogens with zero attached hydrogens (tertiary/aromatic N) is 1. The average Bonchev–Trinajstić information content (AvgIpc) is 3.01. The zero-order valence-corrected chi connectivity index (χ0v) is 11.3. The second kappa shape index (κ2) is 6.05. The molecule has 0 saturated heterocycles. The van der Waals surface area contributed by atoms with Gasteiger partial charge in [0.2, 0.25) is 0 Å². The largest absolute Gasteiger partial charge is 0.351 e. The fourth-order valence-corrected chi connectivity index (χ4v) is 3.15. The maximum Gasteiger partial charge on any atom is 0.0923 e. The predicted molar refractivity (Wildman–Crippen MR) is 77.7 cm³/mol. The van der Waals surface area contributed by atoms with Crippen LogP contribution in [0.3, 0.4) is 0 Å². The maximum absolute atomic E-state index is 4.50. The van der Waals surface area contributed by atoms with Gasteiger partial charge in [-0.15, -0.1) is 0 Å². The van der Waals surface area contributed by atoms with Crippen LogP contribution in [0.25, 0.3) is 0 Å². The van der Waals surface area contributed by atoms with Gasteiger partial charge >= 0.3 is 0 Å². The van der Waals surface area contributed by atoms with Gasteiger partial charge in [-0.25, -0.2) is 4.98 Å². The zero-order chi connectivity index (χ0) is 12.9. The van der Waals surface area contributed by atoms with E-state index in [2.05, 4.69) is 40.3 Å². The Hall–Kier alpha value is -1.57. The van der Waals surface area contributed by atoms with Crippen LogP contribution >= 0.6 is 0 Å². The molecule has 0 atom stereocenters. The van der Waals surface area contributed by atoms with Gasteiger partial charge in [0.25, 0.3) is 0 Å². The van der Waals surface area contributed by atoms with Crippen LogP contribution in [0, 0.1) is 11.8 Å². The summed E-state index contributed by atoms with van der Waals surface area (Å²) in [7, 11) is 0. The van der Waals surface area contributed by atoms with Crippen molar-refractivity contribution < 1.29 is 0 Å². The number of hydrogen-bond donors (Lipinski definition) is 1. The number of rotatable bonds is 4. The van der Waals surface area contributed by atoms with Crippen molar-refractivity contribution in [2.24, 2.45) is 5.92 Å². The van der Waals surface area contributed by atoms with Crippen LogP contribution in [0.1, 0.15) is 43.4 Å². The van der Waals surface area contributed by atoms with Crippen LogP contribution < -0.4 is 0 Å². The standard InChI is InChI=1S/C17H21N2/c1-3-7-14(8-4-1)11-16(17-12-18-13-19-17)15-9-5-2-6-10-15/h1,3-4,7-8,12-13,15H,2,5-6,9-11H2,(H,18,19). The first kappa shape index (κ1) is 12.5. The fourth-order valence-electron chi connectivity index (χ4n) is 3.15. The first-order valence-corrected chi connectivity index (χ1v) is 7.32. The van der Waals surface area contributed by atoms with E-state index in [0.717, 1.165) is 18.0 Å². The molecule has 0 spiro atoms. The highest BCUT2D eigenvalue weighted by molar-refractivity contribution is 5.30. The first-order valence-electron chi connectivity index (χ1n) is 7.32. The van der Waals surface area contributed by atoms with E-state index in [1.807, 2.05) is 6.20 Å². The van der Waals surface area contributed by atoms with Crippen molar-refractivity contribution >= 4 is 0 Å². The normalized spacial score (nSPS) is 16.9. The summed E-state index contributed by atoms with van der Waals surface area (Å²) >= 11 is 0. The number of H-pyrrole nitrogens is 1. The molecular formula is C17H21N2. The summed E-state index contributed by atoms with van der Waals surface area (Å²) in [5.41, 5.74) is 2.56. The average molecular weight is 253 g/mol. The number of benzene rings is 1. The minimum atomic E-state index is 0.720. The highest BCUT2D eigenvalue weighted by atomic mass is 14.9. The van der Waals surface area contributed by atoms with Gasteiger partial charge in [-0.1, -0.05) is 49.6 Å². The Labute approximate surface area is 115 Å². The highest BCUT2D eigenvalue weighted by Crippen LogP contribution is 2.36. The molecule has 2 aromatic rings. The second-order valence-electron chi connectivity index (χ2n) is 5.48. The lowest BCUT2D eigenvalue weighted by Gasteiger charge is -2.28. The van der Waals surface area contributed by atoms with Crippen molar-refractivity contribution in [1.29, 1.82) is 0 Å². The molecule has 1 radical (unpaired) electrons.